The fraction of sp³-hybridized carbons (Fsp3) is 0.278. The van der Waals surface area contributed by atoms with Crippen LogP contribution in [0.4, 0.5) is 11.4 Å². The van der Waals surface area contributed by atoms with Gasteiger partial charge in [0.25, 0.3) is 0 Å². The quantitative estimate of drug-likeness (QED) is 0.857. The fourth-order valence-corrected chi connectivity index (χ4v) is 3.08. The summed E-state index contributed by atoms with van der Waals surface area (Å²) in [7, 11) is 0. The molecule has 2 aromatic carbocycles. The van der Waals surface area contributed by atoms with Crippen molar-refractivity contribution in [3.63, 3.8) is 0 Å². The van der Waals surface area contributed by atoms with Gasteiger partial charge in [-0.3, -0.25) is 4.79 Å². The Morgan fingerprint density at radius 2 is 1.95 bits per heavy atom. The van der Waals surface area contributed by atoms with Gasteiger partial charge in [-0.15, -0.1) is 0 Å². The Kier molecular flexibility index (Phi) is 3.42. The topological polar surface area (TPSA) is 46.3 Å². The molecule has 2 aromatic rings. The van der Waals surface area contributed by atoms with Crippen LogP contribution in [-0.4, -0.2) is 11.9 Å². The molecule has 2 N–H and O–H groups in total. The molecule has 21 heavy (non-hydrogen) atoms. The van der Waals surface area contributed by atoms with E-state index in [1.165, 1.54) is 0 Å². The molecule has 2 atom stereocenters. The first-order chi connectivity index (χ1) is 10.1. The van der Waals surface area contributed by atoms with Crippen molar-refractivity contribution in [1.82, 2.24) is 0 Å². The maximum Gasteiger partial charge on any atom is 0.234 e. The van der Waals surface area contributed by atoms with Gasteiger partial charge < -0.3 is 10.6 Å². The Labute approximate surface area is 125 Å². The second-order valence-corrected chi connectivity index (χ2v) is 5.78. The molecule has 1 heterocycles. The minimum Gasteiger partial charge on any atom is -0.399 e. The van der Waals surface area contributed by atoms with Crippen molar-refractivity contribution in [3.05, 3.63) is 59.7 Å². The molecule has 0 saturated heterocycles. The smallest absolute Gasteiger partial charge is 0.234 e. The number of hydrogen-bond donors (Lipinski definition) is 1. The van der Waals surface area contributed by atoms with Crippen molar-refractivity contribution in [3.8, 4) is 0 Å². The van der Waals surface area contributed by atoms with Crippen LogP contribution >= 0.6 is 0 Å². The zero-order valence-electron chi connectivity index (χ0n) is 12.4. The van der Waals surface area contributed by atoms with E-state index in [1.54, 1.807) is 0 Å². The first kappa shape index (κ1) is 13.7. The summed E-state index contributed by atoms with van der Waals surface area (Å²) >= 11 is 0. The molecule has 1 aliphatic heterocycles. The monoisotopic (exact) mass is 280 g/mol. The third-order valence-corrected chi connectivity index (χ3v) is 4.23. The zero-order chi connectivity index (χ0) is 15.0. The molecule has 0 saturated carbocycles. The minimum atomic E-state index is -0.142. The largest absolute Gasteiger partial charge is 0.399 e. The molecule has 0 bridgehead atoms. The van der Waals surface area contributed by atoms with Crippen LogP contribution in [0.15, 0.2) is 48.5 Å². The van der Waals surface area contributed by atoms with E-state index in [2.05, 4.69) is 6.92 Å². The summed E-state index contributed by atoms with van der Waals surface area (Å²) in [5, 5.41) is 0. The van der Waals surface area contributed by atoms with Gasteiger partial charge in [-0.2, -0.15) is 0 Å². The zero-order valence-corrected chi connectivity index (χ0v) is 12.4. The molecular weight excluding hydrogens is 260 g/mol. The highest BCUT2D eigenvalue weighted by atomic mass is 16.2. The number of nitrogens with two attached hydrogens (primary N) is 1. The number of rotatable bonds is 2. The molecule has 1 aliphatic rings. The second-order valence-electron chi connectivity index (χ2n) is 5.78. The summed E-state index contributed by atoms with van der Waals surface area (Å²) in [6.07, 6.45) is 0.869. The highest BCUT2D eigenvalue weighted by Crippen LogP contribution is 2.35. The number of hydrogen-bond acceptors (Lipinski definition) is 2. The number of anilines is 2. The number of amides is 1. The molecule has 0 radical (unpaired) electrons. The van der Waals surface area contributed by atoms with Gasteiger partial charge >= 0.3 is 0 Å². The molecule has 3 nitrogen and oxygen atoms in total. The van der Waals surface area contributed by atoms with E-state index in [0.29, 0.717) is 0 Å². The maximum atomic E-state index is 12.9. The first-order valence-corrected chi connectivity index (χ1v) is 7.34. The summed E-state index contributed by atoms with van der Waals surface area (Å²) < 4.78 is 0. The van der Waals surface area contributed by atoms with Gasteiger partial charge in [0.15, 0.2) is 0 Å². The van der Waals surface area contributed by atoms with Crippen LogP contribution in [0.1, 0.15) is 30.9 Å². The number of nitrogens with zero attached hydrogens (tertiary/aromatic N) is 1. The number of carbonyl (C=O) groups excluding carboxylic acids is 1. The summed E-state index contributed by atoms with van der Waals surface area (Å²) in [5.74, 6) is 0.00868. The number of carbonyl (C=O) groups is 1. The Morgan fingerprint density at radius 1 is 1.24 bits per heavy atom. The normalized spacial score (nSPS) is 18.4. The highest BCUT2D eigenvalue weighted by Gasteiger charge is 2.33. The van der Waals surface area contributed by atoms with Crippen LogP contribution in [0, 0.1) is 0 Å². The van der Waals surface area contributed by atoms with Gasteiger partial charge in [-0.1, -0.05) is 30.3 Å². The molecule has 108 valence electrons. The van der Waals surface area contributed by atoms with E-state index >= 15 is 0 Å². The van der Waals surface area contributed by atoms with Crippen LogP contribution in [0.5, 0.6) is 0 Å². The Balaban J connectivity index is 1.92. The summed E-state index contributed by atoms with van der Waals surface area (Å²) in [6.45, 7) is 4.06. The number of fused-ring (bicyclic) bond motifs is 1. The third-order valence-electron chi connectivity index (χ3n) is 4.23. The molecule has 0 aromatic heterocycles. The van der Waals surface area contributed by atoms with E-state index in [0.717, 1.165) is 28.9 Å². The molecule has 0 spiro atoms. The molecule has 0 aliphatic carbocycles. The Hall–Kier alpha value is -2.29. The Bertz CT molecular complexity index is 666. The minimum absolute atomic E-state index is 0.142. The van der Waals surface area contributed by atoms with E-state index in [4.69, 9.17) is 5.73 Å². The molecule has 3 heteroatoms. The van der Waals surface area contributed by atoms with Crippen molar-refractivity contribution in [2.75, 3.05) is 10.6 Å². The summed E-state index contributed by atoms with van der Waals surface area (Å²) in [5.41, 5.74) is 9.82. The average molecular weight is 280 g/mol. The highest BCUT2D eigenvalue weighted by molar-refractivity contribution is 6.00. The van der Waals surface area contributed by atoms with Gasteiger partial charge in [0.1, 0.15) is 0 Å². The van der Waals surface area contributed by atoms with Crippen molar-refractivity contribution >= 4 is 17.3 Å². The average Bonchev–Trinajstić information content (AvgIpc) is 2.81. The number of nitrogen functional groups attached to an aromatic ring is 1. The lowest BCUT2D eigenvalue weighted by Gasteiger charge is -2.26. The van der Waals surface area contributed by atoms with Gasteiger partial charge in [0.05, 0.1) is 5.92 Å². The lowest BCUT2D eigenvalue weighted by atomic mass is 9.99. The van der Waals surface area contributed by atoms with Crippen LogP contribution < -0.4 is 10.6 Å². The lowest BCUT2D eigenvalue weighted by molar-refractivity contribution is -0.120. The first-order valence-electron chi connectivity index (χ1n) is 7.34. The predicted octanol–water partition coefficient (Wildman–Crippen LogP) is 3.35. The molecule has 0 fully saturated rings. The van der Waals surface area contributed by atoms with Crippen molar-refractivity contribution in [1.29, 1.82) is 0 Å². The van der Waals surface area contributed by atoms with E-state index in [9.17, 15) is 4.79 Å². The second kappa shape index (κ2) is 5.24. The van der Waals surface area contributed by atoms with Crippen molar-refractivity contribution < 1.29 is 4.79 Å². The SMILES string of the molecule is CC(C(=O)N1c2ccc(N)cc2CC1C)c1ccccc1. The van der Waals surface area contributed by atoms with E-state index < -0.39 is 0 Å². The van der Waals surface area contributed by atoms with Crippen molar-refractivity contribution in [2.24, 2.45) is 0 Å². The van der Waals surface area contributed by atoms with E-state index in [1.807, 2.05) is 60.4 Å². The van der Waals surface area contributed by atoms with Gasteiger partial charge in [-0.25, -0.2) is 0 Å². The number of benzene rings is 2. The third kappa shape index (κ3) is 2.40. The fourth-order valence-electron chi connectivity index (χ4n) is 3.08. The van der Waals surface area contributed by atoms with E-state index in [-0.39, 0.29) is 17.9 Å². The van der Waals surface area contributed by atoms with Crippen LogP contribution in [0.2, 0.25) is 0 Å². The van der Waals surface area contributed by atoms with Crippen LogP contribution in [0.3, 0.4) is 0 Å². The summed E-state index contributed by atoms with van der Waals surface area (Å²) in [6, 6.07) is 15.9. The molecule has 2 unspecified atom stereocenters. The lowest BCUT2D eigenvalue weighted by Crippen LogP contribution is -2.38. The van der Waals surface area contributed by atoms with Crippen molar-refractivity contribution in [2.45, 2.75) is 32.2 Å². The predicted molar refractivity (Wildman–Crippen MR) is 86.4 cm³/mol. The molecular formula is C18H20N2O. The van der Waals surface area contributed by atoms with Gasteiger partial charge in [-0.05, 0) is 49.6 Å². The Morgan fingerprint density at radius 3 is 2.67 bits per heavy atom. The molecule has 3 rings (SSSR count). The van der Waals surface area contributed by atoms with Gasteiger partial charge in [0.2, 0.25) is 5.91 Å². The van der Waals surface area contributed by atoms with Crippen LogP contribution in [-0.2, 0) is 11.2 Å². The van der Waals surface area contributed by atoms with Crippen LogP contribution in [0.25, 0.3) is 0 Å². The summed E-state index contributed by atoms with van der Waals surface area (Å²) in [4.78, 5) is 14.8. The standard InChI is InChI=1S/C18H20N2O/c1-12-10-15-11-16(19)8-9-17(15)20(12)18(21)13(2)14-6-4-3-5-7-14/h3-9,11-13H,10,19H2,1-2H3. The molecule has 1 amide bonds. The van der Waals surface area contributed by atoms with Gasteiger partial charge in [0, 0.05) is 17.4 Å². The maximum absolute atomic E-state index is 12.9.